The quantitative estimate of drug-likeness (QED) is 0.610. The molecule has 1 aromatic heterocycles. The van der Waals surface area contributed by atoms with E-state index in [4.69, 9.17) is 0 Å². The van der Waals surface area contributed by atoms with Gasteiger partial charge >= 0.3 is 0 Å². The average Bonchev–Trinajstić information content (AvgIpc) is 3.15. The van der Waals surface area contributed by atoms with Crippen LogP contribution >= 0.6 is 0 Å². The molecule has 9 heteroatoms. The molecule has 30 heavy (non-hydrogen) atoms. The fourth-order valence-corrected chi connectivity index (χ4v) is 3.57. The van der Waals surface area contributed by atoms with E-state index in [1.54, 1.807) is 48.5 Å². The van der Waals surface area contributed by atoms with Gasteiger partial charge in [-0.15, -0.1) is 0 Å². The summed E-state index contributed by atoms with van der Waals surface area (Å²) in [6.07, 6.45) is 1.23. The Kier molecular flexibility index (Phi) is 3.95. The molecule has 0 radical (unpaired) electrons. The highest BCUT2D eigenvalue weighted by Gasteiger charge is 2.37. The van der Waals surface area contributed by atoms with Crippen molar-refractivity contribution in [3.8, 4) is 0 Å². The molecule has 0 atom stereocenters. The largest absolute Gasteiger partial charge is 0.269 e. The van der Waals surface area contributed by atoms with Crippen molar-refractivity contribution in [1.29, 1.82) is 0 Å². The first kappa shape index (κ1) is 17.8. The SMILES string of the molecule is O=C1c2ccccc2C(=O)N1Cc1ncnc(CN2C(=O)c3ccccc3C2=O)n1. The van der Waals surface area contributed by atoms with Crippen LogP contribution in [0.25, 0.3) is 0 Å². The summed E-state index contributed by atoms with van der Waals surface area (Å²) in [6.45, 7) is -0.270. The van der Waals surface area contributed by atoms with Gasteiger partial charge in [-0.05, 0) is 24.3 Å². The number of benzene rings is 2. The minimum absolute atomic E-state index is 0.135. The second-order valence-electron chi connectivity index (χ2n) is 6.80. The Morgan fingerprint density at radius 2 is 0.900 bits per heavy atom. The summed E-state index contributed by atoms with van der Waals surface area (Å²) >= 11 is 0. The monoisotopic (exact) mass is 399 g/mol. The Morgan fingerprint density at radius 3 is 1.23 bits per heavy atom. The molecule has 146 valence electrons. The molecule has 2 aliphatic rings. The second kappa shape index (κ2) is 6.66. The maximum atomic E-state index is 12.5. The van der Waals surface area contributed by atoms with Gasteiger partial charge in [0.05, 0.1) is 35.3 Å². The van der Waals surface area contributed by atoms with Crippen LogP contribution in [0.2, 0.25) is 0 Å². The van der Waals surface area contributed by atoms with E-state index in [1.807, 2.05) is 0 Å². The molecule has 0 fully saturated rings. The summed E-state index contributed by atoms with van der Waals surface area (Å²) in [7, 11) is 0. The van der Waals surface area contributed by atoms with E-state index in [0.29, 0.717) is 22.3 Å². The van der Waals surface area contributed by atoms with Crippen LogP contribution in [0.5, 0.6) is 0 Å². The molecule has 0 saturated heterocycles. The van der Waals surface area contributed by atoms with Gasteiger partial charge < -0.3 is 0 Å². The Labute approximate surface area is 170 Å². The zero-order valence-corrected chi connectivity index (χ0v) is 15.5. The molecule has 9 nitrogen and oxygen atoms in total. The Hall–Kier alpha value is -4.27. The minimum Gasteiger partial charge on any atom is -0.269 e. The molecule has 3 aromatic rings. The van der Waals surface area contributed by atoms with E-state index < -0.39 is 23.6 Å². The second-order valence-corrected chi connectivity index (χ2v) is 6.80. The maximum Gasteiger partial charge on any atom is 0.261 e. The number of carbonyl (C=O) groups is 4. The van der Waals surface area contributed by atoms with Gasteiger partial charge in [0.1, 0.15) is 6.33 Å². The first-order chi connectivity index (χ1) is 14.5. The molecule has 0 aliphatic carbocycles. The number of hydrogen-bond acceptors (Lipinski definition) is 7. The lowest BCUT2D eigenvalue weighted by atomic mass is 10.1. The van der Waals surface area contributed by atoms with Gasteiger partial charge in [0, 0.05) is 0 Å². The van der Waals surface area contributed by atoms with Gasteiger partial charge in [-0.1, -0.05) is 24.3 Å². The third kappa shape index (κ3) is 2.67. The number of fused-ring (bicyclic) bond motifs is 2. The van der Waals surface area contributed by atoms with Crippen LogP contribution < -0.4 is 0 Å². The number of carbonyl (C=O) groups excluding carboxylic acids is 4. The number of nitrogens with zero attached hydrogens (tertiary/aromatic N) is 5. The Balaban J connectivity index is 1.36. The highest BCUT2D eigenvalue weighted by molar-refractivity contribution is 6.21. The first-order valence-corrected chi connectivity index (χ1v) is 9.12. The first-order valence-electron chi connectivity index (χ1n) is 9.12. The Morgan fingerprint density at radius 1 is 0.567 bits per heavy atom. The van der Waals surface area contributed by atoms with Crippen LogP contribution in [-0.4, -0.2) is 48.4 Å². The molecular formula is C21H13N5O4. The summed E-state index contributed by atoms with van der Waals surface area (Å²) in [5, 5.41) is 0. The fraction of sp³-hybridized carbons (Fsp3) is 0.0952. The van der Waals surface area contributed by atoms with Crippen molar-refractivity contribution in [3.63, 3.8) is 0 Å². The van der Waals surface area contributed by atoms with Crippen LogP contribution in [0.1, 0.15) is 53.1 Å². The van der Waals surface area contributed by atoms with Gasteiger partial charge in [0.2, 0.25) is 0 Å². The molecule has 2 aliphatic heterocycles. The molecule has 4 amide bonds. The molecule has 0 N–H and O–H groups in total. The van der Waals surface area contributed by atoms with E-state index in [9.17, 15) is 19.2 Å². The van der Waals surface area contributed by atoms with E-state index >= 15 is 0 Å². The van der Waals surface area contributed by atoms with Crippen LogP contribution in [0.3, 0.4) is 0 Å². The third-order valence-electron chi connectivity index (χ3n) is 5.03. The molecule has 3 heterocycles. The summed E-state index contributed by atoms with van der Waals surface area (Å²) in [5.41, 5.74) is 1.34. The summed E-state index contributed by atoms with van der Waals surface area (Å²) < 4.78 is 0. The number of amides is 4. The lowest BCUT2D eigenvalue weighted by Crippen LogP contribution is -2.32. The number of imide groups is 2. The van der Waals surface area contributed by atoms with Crippen molar-refractivity contribution in [3.05, 3.63) is 88.8 Å². The fourth-order valence-electron chi connectivity index (χ4n) is 3.57. The van der Waals surface area contributed by atoms with Crippen molar-refractivity contribution < 1.29 is 19.2 Å². The molecule has 2 aromatic carbocycles. The standard InChI is InChI=1S/C21H13N5O4/c27-18-12-5-1-2-6-13(12)19(28)25(18)9-16-22-11-23-17(24-16)10-26-20(29)14-7-3-4-8-15(14)21(26)30/h1-8,11H,9-10H2. The summed E-state index contributed by atoms with van der Waals surface area (Å²) in [6, 6.07) is 13.1. The molecule has 5 rings (SSSR count). The molecular weight excluding hydrogens is 386 g/mol. The van der Waals surface area contributed by atoms with E-state index in [0.717, 1.165) is 9.80 Å². The van der Waals surface area contributed by atoms with Crippen LogP contribution in [0.15, 0.2) is 54.9 Å². The summed E-state index contributed by atoms with van der Waals surface area (Å²) in [5.74, 6) is -1.30. The maximum absolute atomic E-state index is 12.5. The number of aromatic nitrogens is 3. The molecule has 0 bridgehead atoms. The van der Waals surface area contributed by atoms with Gasteiger partial charge in [-0.2, -0.15) is 0 Å². The topological polar surface area (TPSA) is 113 Å². The lowest BCUT2D eigenvalue weighted by Gasteiger charge is -2.15. The average molecular weight is 399 g/mol. The summed E-state index contributed by atoms with van der Waals surface area (Å²) in [4.78, 5) is 64.5. The van der Waals surface area contributed by atoms with Gasteiger partial charge in [-0.25, -0.2) is 15.0 Å². The molecule has 0 unspecified atom stereocenters. The van der Waals surface area contributed by atoms with Gasteiger partial charge in [-0.3, -0.25) is 29.0 Å². The van der Waals surface area contributed by atoms with E-state index in [-0.39, 0.29) is 24.7 Å². The minimum atomic E-state index is -0.419. The predicted molar refractivity (Wildman–Crippen MR) is 101 cm³/mol. The predicted octanol–water partition coefficient (Wildman–Crippen LogP) is 1.46. The Bertz CT molecular complexity index is 1090. The van der Waals surface area contributed by atoms with Gasteiger partial charge in [0.15, 0.2) is 11.6 Å². The highest BCUT2D eigenvalue weighted by Crippen LogP contribution is 2.25. The van der Waals surface area contributed by atoms with Crippen LogP contribution in [0, 0.1) is 0 Å². The van der Waals surface area contributed by atoms with Crippen LogP contribution in [-0.2, 0) is 13.1 Å². The van der Waals surface area contributed by atoms with Crippen molar-refractivity contribution in [2.45, 2.75) is 13.1 Å². The van der Waals surface area contributed by atoms with Crippen molar-refractivity contribution in [2.75, 3.05) is 0 Å². The van der Waals surface area contributed by atoms with Gasteiger partial charge in [0.25, 0.3) is 23.6 Å². The third-order valence-corrected chi connectivity index (χ3v) is 5.03. The lowest BCUT2D eigenvalue weighted by molar-refractivity contribution is 0.0629. The number of rotatable bonds is 4. The van der Waals surface area contributed by atoms with E-state index in [1.165, 1.54) is 6.33 Å². The van der Waals surface area contributed by atoms with E-state index in [2.05, 4.69) is 15.0 Å². The number of hydrogen-bond donors (Lipinski definition) is 0. The van der Waals surface area contributed by atoms with Crippen LogP contribution in [0.4, 0.5) is 0 Å². The van der Waals surface area contributed by atoms with Crippen molar-refractivity contribution in [2.24, 2.45) is 0 Å². The molecule has 0 saturated carbocycles. The normalized spacial score (nSPS) is 15.1. The van der Waals surface area contributed by atoms with Crippen molar-refractivity contribution in [1.82, 2.24) is 24.8 Å². The smallest absolute Gasteiger partial charge is 0.261 e. The highest BCUT2D eigenvalue weighted by atomic mass is 16.2. The zero-order chi connectivity index (χ0) is 20.8. The molecule has 0 spiro atoms. The zero-order valence-electron chi connectivity index (χ0n) is 15.5. The van der Waals surface area contributed by atoms with Crippen molar-refractivity contribution >= 4 is 23.6 Å².